The van der Waals surface area contributed by atoms with Crippen molar-refractivity contribution in [2.75, 3.05) is 12.3 Å². The highest BCUT2D eigenvalue weighted by Crippen LogP contribution is 2.58. The SMILES string of the molecule is Cn1c[n+]([C@H]2O[C@@H](COP(=O)(O)OP(=O)([O-])n3ccnc3)[C@@H](O)[C@H]2O)c2nc(N)[nH]c(=O)c21. The number of nitrogen functional groups attached to an aromatic ring is 1. The van der Waals surface area contributed by atoms with Crippen LogP contribution in [-0.2, 0) is 29.7 Å². The maximum absolute atomic E-state index is 12.2. The van der Waals surface area contributed by atoms with E-state index in [2.05, 4.69) is 23.8 Å². The second-order valence-corrected chi connectivity index (χ2v) is 10.3. The predicted octanol–water partition coefficient (Wildman–Crippen LogP) is -2.90. The zero-order valence-electron chi connectivity index (χ0n) is 16.7. The van der Waals surface area contributed by atoms with Gasteiger partial charge in [-0.15, -0.1) is 0 Å². The molecule has 0 bridgehead atoms. The summed E-state index contributed by atoms with van der Waals surface area (Å²) < 4.78 is 41.6. The van der Waals surface area contributed by atoms with Gasteiger partial charge in [-0.1, -0.05) is 4.98 Å². The fourth-order valence-corrected chi connectivity index (χ4v) is 5.63. The van der Waals surface area contributed by atoms with Gasteiger partial charge in [-0.3, -0.25) is 27.8 Å². The first-order valence-electron chi connectivity index (χ1n) is 9.16. The van der Waals surface area contributed by atoms with Crippen LogP contribution in [0.5, 0.6) is 0 Å². The van der Waals surface area contributed by atoms with Gasteiger partial charge in [-0.05, 0) is 0 Å². The Labute approximate surface area is 183 Å². The Kier molecular flexibility index (Phi) is 6.03. The highest BCUT2D eigenvalue weighted by atomic mass is 31.3. The van der Waals surface area contributed by atoms with E-state index in [1.54, 1.807) is 0 Å². The summed E-state index contributed by atoms with van der Waals surface area (Å²) in [6.45, 7) is -0.825. The van der Waals surface area contributed by atoms with Gasteiger partial charge in [0.05, 0.1) is 13.7 Å². The quantitative estimate of drug-likeness (QED) is 0.159. The average Bonchev–Trinajstić information content (AvgIpc) is 3.41. The van der Waals surface area contributed by atoms with Crippen LogP contribution >= 0.6 is 15.6 Å². The molecule has 4 heterocycles. The molecule has 3 aromatic heterocycles. The molecule has 1 saturated heterocycles. The van der Waals surface area contributed by atoms with Crippen LogP contribution in [-0.4, -0.2) is 63.9 Å². The van der Waals surface area contributed by atoms with Crippen molar-refractivity contribution in [3.8, 4) is 0 Å². The molecular weight excluding hydrogens is 488 g/mol. The van der Waals surface area contributed by atoms with Gasteiger partial charge in [-0.25, -0.2) is 18.4 Å². The molecule has 0 aliphatic carbocycles. The summed E-state index contributed by atoms with van der Waals surface area (Å²) in [6.07, 6.45) is -1.57. The second-order valence-electron chi connectivity index (χ2n) is 7.06. The number of phosphoric ester groups is 1. The molecule has 0 radical (unpaired) electrons. The number of nitrogens with two attached hydrogens (primary N) is 1. The lowest BCUT2D eigenvalue weighted by molar-refractivity contribution is -0.745. The van der Waals surface area contributed by atoms with Gasteiger partial charge >= 0.3 is 13.5 Å². The number of hydrogen-bond acceptors (Lipinski definition) is 12. The molecule has 0 aromatic carbocycles. The average molecular weight is 507 g/mol. The molecule has 2 unspecified atom stereocenters. The smallest absolute Gasteiger partial charge is 0.478 e. The van der Waals surface area contributed by atoms with Crippen molar-refractivity contribution in [2.24, 2.45) is 7.05 Å². The van der Waals surface area contributed by atoms with Gasteiger partial charge < -0.3 is 30.5 Å². The highest BCUT2D eigenvalue weighted by Gasteiger charge is 2.48. The number of phosphoric acid groups is 1. The molecule has 3 aromatic rings. The molecule has 6 atom stereocenters. The number of nitrogens with one attached hydrogen (secondary N) is 1. The molecular formula is C14H19N7O10P2. The van der Waals surface area contributed by atoms with Crippen LogP contribution in [0, 0.1) is 0 Å². The standard InChI is InChI=1S/C14H19N7O10P2/c1-19-6-21(11-8(19)12(24)18-14(15)17-11)13-10(23)9(22)7(30-13)4-29-33(27,28)31-32(25,26)20-3-2-16-5-20/h2-3,5-7,9-10,13,22-23H,4H2,1H3,(H4-,15,17,18,24,25,26,27,28)/t7-,9+,10+,13-/m0/s1. The fourth-order valence-electron chi connectivity index (χ4n) is 3.31. The number of anilines is 1. The number of H-pyrrole nitrogens is 1. The summed E-state index contributed by atoms with van der Waals surface area (Å²) >= 11 is 0. The number of hydrogen-bond donors (Lipinski definition) is 5. The van der Waals surface area contributed by atoms with Gasteiger partial charge in [0, 0.05) is 12.4 Å². The first-order valence-corrected chi connectivity index (χ1v) is 12.1. The molecule has 0 saturated carbocycles. The minimum Gasteiger partial charge on any atom is -0.761 e. The maximum atomic E-state index is 12.2. The van der Waals surface area contributed by atoms with E-state index in [9.17, 15) is 33.9 Å². The largest absolute Gasteiger partial charge is 0.761 e. The Bertz CT molecular complexity index is 1320. The molecule has 1 fully saturated rings. The zero-order valence-corrected chi connectivity index (χ0v) is 18.5. The van der Waals surface area contributed by atoms with Crippen molar-refractivity contribution in [2.45, 2.75) is 24.5 Å². The van der Waals surface area contributed by atoms with Crippen molar-refractivity contribution in [1.82, 2.24) is 23.9 Å². The summed E-state index contributed by atoms with van der Waals surface area (Å²) in [4.78, 5) is 43.8. The third-order valence-corrected chi connectivity index (χ3v) is 7.71. The summed E-state index contributed by atoms with van der Waals surface area (Å²) in [7, 11) is -8.69. The lowest BCUT2D eigenvalue weighted by atomic mass is 10.1. The Morgan fingerprint density at radius 2 is 2.12 bits per heavy atom. The van der Waals surface area contributed by atoms with Gasteiger partial charge in [0.1, 0.15) is 24.6 Å². The third-order valence-electron chi connectivity index (χ3n) is 4.78. The zero-order chi connectivity index (χ0) is 24.1. The van der Waals surface area contributed by atoms with Crippen LogP contribution in [0.25, 0.3) is 11.2 Å². The van der Waals surface area contributed by atoms with Crippen LogP contribution in [0.2, 0.25) is 0 Å². The number of imidazole rings is 2. The van der Waals surface area contributed by atoms with Crippen LogP contribution in [0.15, 0.2) is 29.8 Å². The first kappa shape index (κ1) is 23.7. The molecule has 180 valence electrons. The number of aromatic nitrogens is 6. The van der Waals surface area contributed by atoms with Crippen molar-refractivity contribution < 1.29 is 47.3 Å². The van der Waals surface area contributed by atoms with E-state index in [0.717, 1.165) is 18.7 Å². The number of aryl methyl sites for hydroxylation is 1. The number of aromatic amines is 1. The number of fused-ring (bicyclic) bond motifs is 1. The van der Waals surface area contributed by atoms with Crippen molar-refractivity contribution >= 4 is 32.7 Å². The molecule has 1 aliphatic rings. The molecule has 17 nitrogen and oxygen atoms in total. The molecule has 19 heteroatoms. The summed E-state index contributed by atoms with van der Waals surface area (Å²) in [5.74, 6) is -0.196. The van der Waals surface area contributed by atoms with Crippen molar-refractivity contribution in [1.29, 1.82) is 0 Å². The van der Waals surface area contributed by atoms with Gasteiger partial charge in [0.25, 0.3) is 11.5 Å². The Morgan fingerprint density at radius 3 is 2.79 bits per heavy atom. The fraction of sp³-hybridized carbons (Fsp3) is 0.429. The molecule has 1 aliphatic heterocycles. The van der Waals surface area contributed by atoms with Crippen molar-refractivity contribution in [3.63, 3.8) is 0 Å². The normalized spacial score (nSPS) is 26.9. The predicted molar refractivity (Wildman–Crippen MR) is 104 cm³/mol. The lowest BCUT2D eigenvalue weighted by Crippen LogP contribution is -2.46. The molecule has 0 spiro atoms. The molecule has 6 N–H and O–H groups in total. The highest BCUT2D eigenvalue weighted by molar-refractivity contribution is 7.62. The second kappa shape index (κ2) is 8.39. The summed E-state index contributed by atoms with van der Waals surface area (Å²) in [5.41, 5.74) is 5.18. The van der Waals surface area contributed by atoms with Gasteiger partial charge in [-0.2, -0.15) is 0 Å². The summed E-state index contributed by atoms with van der Waals surface area (Å²) in [6, 6.07) is 0. The molecule has 33 heavy (non-hydrogen) atoms. The van der Waals surface area contributed by atoms with Gasteiger partial charge in [0.15, 0.2) is 6.33 Å². The Balaban J connectivity index is 1.51. The number of ether oxygens (including phenoxy) is 1. The van der Waals surface area contributed by atoms with Gasteiger partial charge in [0.2, 0.25) is 19.5 Å². The van der Waals surface area contributed by atoms with E-state index in [1.165, 1.54) is 22.5 Å². The van der Waals surface area contributed by atoms with Crippen LogP contribution in [0.1, 0.15) is 6.23 Å². The number of aliphatic hydroxyl groups is 2. The van der Waals surface area contributed by atoms with E-state index >= 15 is 0 Å². The minimum absolute atomic E-state index is 0.0420. The van der Waals surface area contributed by atoms with E-state index < -0.39 is 52.3 Å². The lowest BCUT2D eigenvalue weighted by Gasteiger charge is -2.26. The number of nitrogens with zero attached hydrogens (tertiary/aromatic N) is 5. The van der Waals surface area contributed by atoms with E-state index in [4.69, 9.17) is 10.5 Å². The topological polar surface area (TPSA) is 244 Å². The summed E-state index contributed by atoms with van der Waals surface area (Å²) in [5, 5.41) is 20.8. The minimum atomic E-state index is -5.18. The Hall–Kier alpha value is -2.46. The Morgan fingerprint density at radius 1 is 1.39 bits per heavy atom. The number of aliphatic hydroxyl groups excluding tert-OH is 2. The van der Waals surface area contributed by atoms with E-state index in [-0.39, 0.29) is 17.1 Å². The van der Waals surface area contributed by atoms with E-state index in [1.807, 2.05) is 0 Å². The van der Waals surface area contributed by atoms with Crippen LogP contribution in [0.4, 0.5) is 5.95 Å². The van der Waals surface area contributed by atoms with Crippen molar-refractivity contribution in [3.05, 3.63) is 35.4 Å². The van der Waals surface area contributed by atoms with Crippen LogP contribution < -0.4 is 20.8 Å². The van der Waals surface area contributed by atoms with Crippen LogP contribution in [0.3, 0.4) is 0 Å². The maximum Gasteiger partial charge on any atom is 0.478 e. The molecule has 4 rings (SSSR count). The third kappa shape index (κ3) is 4.50. The monoisotopic (exact) mass is 507 g/mol. The number of rotatable bonds is 7. The molecule has 0 amide bonds. The first-order chi connectivity index (χ1) is 15.4. The van der Waals surface area contributed by atoms with E-state index in [0.29, 0.717) is 4.34 Å².